The Morgan fingerprint density at radius 2 is 1.39 bits per heavy atom. The molecule has 0 aliphatic heterocycles. The van der Waals surface area contributed by atoms with Crippen LogP contribution in [0.4, 0.5) is 0 Å². The smallest absolute Gasteiger partial charge is 0.343 e. The van der Waals surface area contributed by atoms with Crippen molar-refractivity contribution in [1.82, 2.24) is 0 Å². The van der Waals surface area contributed by atoms with Crippen molar-refractivity contribution in [1.29, 1.82) is 0 Å². The monoisotopic (exact) mass is 444 g/mol. The molecule has 0 spiro atoms. The minimum absolute atomic E-state index is 0.119. The van der Waals surface area contributed by atoms with Crippen LogP contribution in [0.2, 0.25) is 13.1 Å². The Morgan fingerprint density at radius 3 is 1.81 bits per heavy atom. The summed E-state index contributed by atoms with van der Waals surface area (Å²) in [5.74, 6) is 1.31. The maximum atomic E-state index is 11.3. The van der Waals surface area contributed by atoms with Gasteiger partial charge in [0.2, 0.25) is 0 Å². The molecule has 0 aliphatic carbocycles. The number of benzene rings is 2. The van der Waals surface area contributed by atoms with E-state index in [-0.39, 0.29) is 17.4 Å². The van der Waals surface area contributed by atoms with E-state index in [9.17, 15) is 9.90 Å². The molecule has 31 heavy (non-hydrogen) atoms. The number of esters is 1. The van der Waals surface area contributed by atoms with Gasteiger partial charge in [-0.2, -0.15) is 0 Å². The third-order valence-electron chi connectivity index (χ3n) is 5.21. The van der Waals surface area contributed by atoms with Crippen molar-refractivity contribution in [2.45, 2.75) is 65.5 Å². The first-order valence-corrected chi connectivity index (χ1v) is 13.4. The first-order valence-electron chi connectivity index (χ1n) is 10.5. The Morgan fingerprint density at radius 1 is 0.903 bits per heavy atom. The molecule has 2 aromatic rings. The van der Waals surface area contributed by atoms with Crippen LogP contribution in [0.15, 0.2) is 36.4 Å². The molecule has 0 fully saturated rings. The van der Waals surface area contributed by atoms with Gasteiger partial charge in [-0.15, -0.1) is 0 Å². The third-order valence-corrected chi connectivity index (χ3v) is 7.68. The molecule has 2 rings (SSSR count). The molecule has 0 bridgehead atoms. The number of aromatic hydroxyl groups is 1. The van der Waals surface area contributed by atoms with E-state index < -0.39 is 14.3 Å². The van der Waals surface area contributed by atoms with Gasteiger partial charge in [0.1, 0.15) is 17.2 Å². The predicted octanol–water partition coefficient (Wildman–Crippen LogP) is 5.03. The summed E-state index contributed by atoms with van der Waals surface area (Å²) in [6, 6.07) is 11.6. The Balaban J connectivity index is 2.34. The van der Waals surface area contributed by atoms with Crippen molar-refractivity contribution < 1.29 is 23.8 Å². The lowest BCUT2D eigenvalue weighted by atomic mass is 9.79. The fraction of sp³-hybridized carbons (Fsp3) is 0.480. The van der Waals surface area contributed by atoms with Crippen molar-refractivity contribution >= 4 is 19.5 Å². The molecule has 6 heteroatoms. The molecular formula is C25H36O5Si. The number of hydrogen-bond donors (Lipinski definition) is 1. The molecular weight excluding hydrogens is 408 g/mol. The zero-order valence-electron chi connectivity index (χ0n) is 20.3. The highest BCUT2D eigenvalue weighted by Gasteiger charge is 2.31. The molecule has 0 unspecified atom stereocenters. The molecule has 0 aliphatic rings. The van der Waals surface area contributed by atoms with Crippen LogP contribution in [0.3, 0.4) is 0 Å². The van der Waals surface area contributed by atoms with E-state index in [0.29, 0.717) is 11.5 Å². The van der Waals surface area contributed by atoms with E-state index >= 15 is 0 Å². The average molecular weight is 445 g/mol. The topological polar surface area (TPSA) is 65.0 Å². The van der Waals surface area contributed by atoms with Gasteiger partial charge in [0.05, 0.1) is 7.11 Å². The van der Waals surface area contributed by atoms with Gasteiger partial charge in [-0.1, -0.05) is 53.7 Å². The Bertz CT molecular complexity index is 883. The zero-order valence-corrected chi connectivity index (χ0v) is 21.3. The van der Waals surface area contributed by atoms with E-state index in [1.54, 1.807) is 0 Å². The van der Waals surface area contributed by atoms with E-state index in [4.69, 9.17) is 9.16 Å². The second-order valence-electron chi connectivity index (χ2n) is 10.4. The van der Waals surface area contributed by atoms with Crippen molar-refractivity contribution in [3.8, 4) is 17.2 Å². The van der Waals surface area contributed by atoms with Crippen molar-refractivity contribution in [2.24, 2.45) is 0 Å². The fourth-order valence-electron chi connectivity index (χ4n) is 3.32. The molecule has 2 aromatic carbocycles. The van der Waals surface area contributed by atoms with Crippen LogP contribution < -0.4 is 14.3 Å². The first-order chi connectivity index (χ1) is 14.1. The maximum Gasteiger partial charge on any atom is 0.343 e. The van der Waals surface area contributed by atoms with Crippen LogP contribution in [0, 0.1) is 0 Å². The number of phenolic OH excluding ortho intramolecular Hbond substituents is 1. The van der Waals surface area contributed by atoms with Crippen LogP contribution >= 0.6 is 0 Å². The highest BCUT2D eigenvalue weighted by molar-refractivity contribution is 6.85. The average Bonchev–Trinajstić information content (AvgIpc) is 2.65. The lowest BCUT2D eigenvalue weighted by Gasteiger charge is -2.31. The van der Waals surface area contributed by atoms with Gasteiger partial charge in [0, 0.05) is 11.1 Å². The predicted molar refractivity (Wildman–Crippen MR) is 127 cm³/mol. The van der Waals surface area contributed by atoms with Crippen LogP contribution in [0.1, 0.15) is 52.7 Å². The normalized spacial score (nSPS) is 12.4. The van der Waals surface area contributed by atoms with Crippen LogP contribution in [0.5, 0.6) is 17.2 Å². The van der Waals surface area contributed by atoms with Gasteiger partial charge in [0.25, 0.3) is 8.32 Å². The first kappa shape index (κ1) is 24.8. The summed E-state index contributed by atoms with van der Waals surface area (Å²) in [5, 5.41) is 12.0. The molecule has 5 nitrogen and oxygen atoms in total. The van der Waals surface area contributed by atoms with Crippen LogP contribution in [-0.2, 0) is 20.4 Å². The van der Waals surface area contributed by atoms with E-state index in [0.717, 1.165) is 22.1 Å². The quantitative estimate of drug-likeness (QED) is 0.500. The highest BCUT2D eigenvalue weighted by Crippen LogP contribution is 2.42. The molecule has 0 aromatic heterocycles. The van der Waals surface area contributed by atoms with Crippen molar-refractivity contribution in [3.63, 3.8) is 0 Å². The SMILES string of the molecule is COC(=O)COc1ccc([Si](C)(C)Oc2cc(C(C)(C)C)c(O)c(C(C)(C)C)c2)cc1. The number of rotatable bonds is 6. The second-order valence-corrected chi connectivity index (χ2v) is 14.2. The molecule has 0 radical (unpaired) electrons. The van der Waals surface area contributed by atoms with Gasteiger partial charge in [-0.05, 0) is 53.4 Å². The number of ether oxygens (including phenoxy) is 2. The summed E-state index contributed by atoms with van der Waals surface area (Å²) in [6.45, 7) is 16.7. The summed E-state index contributed by atoms with van der Waals surface area (Å²) in [4.78, 5) is 11.3. The molecule has 0 saturated carbocycles. The van der Waals surface area contributed by atoms with Crippen LogP contribution in [0.25, 0.3) is 0 Å². The second kappa shape index (κ2) is 8.95. The van der Waals surface area contributed by atoms with Crippen LogP contribution in [-0.4, -0.2) is 33.1 Å². The Labute approximate surface area is 187 Å². The maximum absolute atomic E-state index is 11.3. The largest absolute Gasteiger partial charge is 0.540 e. The number of methoxy groups -OCH3 is 1. The minimum Gasteiger partial charge on any atom is -0.540 e. The lowest BCUT2D eigenvalue weighted by molar-refractivity contribution is -0.142. The minimum atomic E-state index is -2.31. The zero-order chi connectivity index (χ0) is 23.6. The van der Waals surface area contributed by atoms with Gasteiger partial charge in [0.15, 0.2) is 6.61 Å². The van der Waals surface area contributed by atoms with Gasteiger partial charge < -0.3 is 19.0 Å². The van der Waals surface area contributed by atoms with E-state index in [1.165, 1.54) is 7.11 Å². The number of carbonyl (C=O) groups excluding carboxylic acids is 1. The van der Waals surface area contributed by atoms with Gasteiger partial charge in [-0.3, -0.25) is 0 Å². The molecule has 0 heterocycles. The molecule has 0 saturated heterocycles. The standard InChI is InChI=1S/C25H36O5Si/c1-24(2,3)20-14-18(15-21(23(20)27)25(4,5)6)30-31(8,9)19-12-10-17(11-13-19)29-16-22(26)28-7/h10-15,27H,16H2,1-9H3. The summed E-state index contributed by atoms with van der Waals surface area (Å²) in [6.07, 6.45) is 0. The molecule has 0 atom stereocenters. The van der Waals surface area contributed by atoms with Crippen molar-refractivity contribution in [2.75, 3.05) is 13.7 Å². The number of hydrogen-bond acceptors (Lipinski definition) is 5. The summed E-state index contributed by atoms with van der Waals surface area (Å²) in [5.41, 5.74) is 1.33. The van der Waals surface area contributed by atoms with E-state index in [1.807, 2.05) is 36.4 Å². The Kier molecular flexibility index (Phi) is 7.16. The molecule has 1 N–H and O–H groups in total. The fourth-order valence-corrected chi connectivity index (χ4v) is 5.11. The van der Waals surface area contributed by atoms with Crippen molar-refractivity contribution in [3.05, 3.63) is 47.5 Å². The number of carbonyl (C=O) groups is 1. The van der Waals surface area contributed by atoms with Gasteiger partial charge >= 0.3 is 5.97 Å². The molecule has 170 valence electrons. The molecule has 0 amide bonds. The highest BCUT2D eigenvalue weighted by atomic mass is 28.4. The van der Waals surface area contributed by atoms with Gasteiger partial charge in [-0.25, -0.2) is 4.79 Å². The third kappa shape index (κ3) is 6.26. The summed E-state index contributed by atoms with van der Waals surface area (Å²) < 4.78 is 16.6. The number of phenols is 1. The Hall–Kier alpha value is -2.47. The summed E-state index contributed by atoms with van der Waals surface area (Å²) in [7, 11) is -0.972. The lowest BCUT2D eigenvalue weighted by Crippen LogP contribution is -2.47. The summed E-state index contributed by atoms with van der Waals surface area (Å²) >= 11 is 0. The van der Waals surface area contributed by atoms with E-state index in [2.05, 4.69) is 59.4 Å².